The molecule has 0 fully saturated rings. The van der Waals surface area contributed by atoms with Crippen LogP contribution in [0, 0.1) is 0 Å². The molecule has 0 aliphatic carbocycles. The maximum atomic E-state index is 11.6. The number of carboxylic acids is 1. The minimum Gasteiger partial charge on any atom is -0.480 e. The van der Waals surface area contributed by atoms with Gasteiger partial charge in [-0.15, -0.1) is 0 Å². The molecule has 1 aromatic heterocycles. The molecule has 1 heterocycles. The van der Waals surface area contributed by atoms with Crippen LogP contribution < -0.4 is 11.1 Å². The zero-order valence-electron chi connectivity index (χ0n) is 10.2. The number of aromatic nitrogens is 1. The summed E-state index contributed by atoms with van der Waals surface area (Å²) in [5.41, 5.74) is 6.56. The highest BCUT2D eigenvalue weighted by atomic mass is 16.4. The first kappa shape index (κ1) is 14.0. The fourth-order valence-corrected chi connectivity index (χ4v) is 1.50. The van der Waals surface area contributed by atoms with E-state index in [9.17, 15) is 9.59 Å². The summed E-state index contributed by atoms with van der Waals surface area (Å²) in [6.07, 6.45) is 2.62. The number of aliphatic carboxylic acids is 1. The first-order valence-electron chi connectivity index (χ1n) is 5.75. The van der Waals surface area contributed by atoms with Crippen molar-refractivity contribution in [3.63, 3.8) is 0 Å². The molecule has 0 bridgehead atoms. The van der Waals surface area contributed by atoms with Crippen LogP contribution in [0.25, 0.3) is 0 Å². The SMILES string of the molecule is CCC[C@H](NC(=O)Cc1ccc(N)cn1)C(=O)O. The molecule has 98 valence electrons. The van der Waals surface area contributed by atoms with Crippen molar-refractivity contribution in [2.45, 2.75) is 32.2 Å². The number of nitrogens with one attached hydrogen (secondary N) is 1. The maximum Gasteiger partial charge on any atom is 0.326 e. The standard InChI is InChI=1S/C12H17N3O3/c1-2-3-10(12(17)18)15-11(16)6-9-5-4-8(13)7-14-9/h4-5,7,10H,2-3,6,13H2,1H3,(H,15,16)(H,17,18)/t10-/m0/s1. The molecule has 1 rings (SSSR count). The average molecular weight is 251 g/mol. The minimum atomic E-state index is -1.02. The number of amides is 1. The number of carboxylic acid groups (broad SMARTS) is 1. The van der Waals surface area contributed by atoms with E-state index in [1.54, 1.807) is 12.1 Å². The zero-order chi connectivity index (χ0) is 13.5. The van der Waals surface area contributed by atoms with Crippen LogP contribution >= 0.6 is 0 Å². The van der Waals surface area contributed by atoms with E-state index in [1.807, 2.05) is 6.92 Å². The summed E-state index contributed by atoms with van der Waals surface area (Å²) < 4.78 is 0. The summed E-state index contributed by atoms with van der Waals surface area (Å²) in [6.45, 7) is 1.86. The number of nitrogen functional groups attached to an aromatic ring is 1. The van der Waals surface area contributed by atoms with Gasteiger partial charge in [0.25, 0.3) is 0 Å². The van der Waals surface area contributed by atoms with E-state index in [-0.39, 0.29) is 12.3 Å². The quantitative estimate of drug-likeness (QED) is 0.685. The number of rotatable bonds is 6. The van der Waals surface area contributed by atoms with Gasteiger partial charge in [-0.3, -0.25) is 9.78 Å². The van der Waals surface area contributed by atoms with E-state index in [0.717, 1.165) is 0 Å². The van der Waals surface area contributed by atoms with Crippen LogP contribution in [-0.2, 0) is 16.0 Å². The van der Waals surface area contributed by atoms with E-state index in [0.29, 0.717) is 24.2 Å². The number of anilines is 1. The Morgan fingerprint density at radius 2 is 2.22 bits per heavy atom. The Bertz CT molecular complexity index is 417. The second-order valence-corrected chi connectivity index (χ2v) is 4.01. The van der Waals surface area contributed by atoms with E-state index < -0.39 is 12.0 Å². The third-order valence-electron chi connectivity index (χ3n) is 2.40. The number of nitrogens with two attached hydrogens (primary N) is 1. The number of pyridine rings is 1. The molecule has 0 radical (unpaired) electrons. The normalized spacial score (nSPS) is 11.8. The van der Waals surface area contributed by atoms with Crippen LogP contribution in [0.3, 0.4) is 0 Å². The Hall–Kier alpha value is -2.11. The molecule has 18 heavy (non-hydrogen) atoms. The van der Waals surface area contributed by atoms with Gasteiger partial charge in [0.2, 0.25) is 5.91 Å². The molecule has 0 aliphatic rings. The van der Waals surface area contributed by atoms with Gasteiger partial charge in [-0.05, 0) is 18.6 Å². The van der Waals surface area contributed by atoms with E-state index in [2.05, 4.69) is 10.3 Å². The molecule has 0 unspecified atom stereocenters. The van der Waals surface area contributed by atoms with E-state index in [4.69, 9.17) is 10.8 Å². The lowest BCUT2D eigenvalue weighted by atomic mass is 10.1. The monoisotopic (exact) mass is 251 g/mol. The second kappa shape index (κ2) is 6.58. The highest BCUT2D eigenvalue weighted by molar-refractivity contribution is 5.84. The first-order chi connectivity index (χ1) is 8.52. The van der Waals surface area contributed by atoms with Crippen LogP contribution in [0.4, 0.5) is 5.69 Å². The first-order valence-corrected chi connectivity index (χ1v) is 5.75. The van der Waals surface area contributed by atoms with Crippen LogP contribution in [0.5, 0.6) is 0 Å². The highest BCUT2D eigenvalue weighted by Gasteiger charge is 2.18. The highest BCUT2D eigenvalue weighted by Crippen LogP contribution is 2.03. The van der Waals surface area contributed by atoms with Gasteiger partial charge in [0.1, 0.15) is 6.04 Å². The summed E-state index contributed by atoms with van der Waals surface area (Å²) in [5.74, 6) is -1.37. The van der Waals surface area contributed by atoms with Gasteiger partial charge in [-0.1, -0.05) is 13.3 Å². The van der Waals surface area contributed by atoms with Gasteiger partial charge in [-0.2, -0.15) is 0 Å². The van der Waals surface area contributed by atoms with Crippen LogP contribution in [0.2, 0.25) is 0 Å². The van der Waals surface area contributed by atoms with Gasteiger partial charge >= 0.3 is 5.97 Å². The molecular weight excluding hydrogens is 234 g/mol. The van der Waals surface area contributed by atoms with Crippen molar-refractivity contribution in [2.75, 3.05) is 5.73 Å². The molecule has 1 aromatic rings. The van der Waals surface area contributed by atoms with Crippen molar-refractivity contribution < 1.29 is 14.7 Å². The van der Waals surface area contributed by atoms with Gasteiger partial charge in [0.05, 0.1) is 18.3 Å². The lowest BCUT2D eigenvalue weighted by Crippen LogP contribution is -2.41. The summed E-state index contributed by atoms with van der Waals surface area (Å²) in [6, 6.07) is 2.46. The molecule has 0 aliphatic heterocycles. The van der Waals surface area contributed by atoms with E-state index >= 15 is 0 Å². The Morgan fingerprint density at radius 3 is 2.72 bits per heavy atom. The summed E-state index contributed by atoms with van der Waals surface area (Å²) in [5, 5.41) is 11.4. The largest absolute Gasteiger partial charge is 0.480 e. The number of hydrogen-bond donors (Lipinski definition) is 3. The number of carbonyl (C=O) groups is 2. The Morgan fingerprint density at radius 1 is 1.50 bits per heavy atom. The van der Waals surface area contributed by atoms with Gasteiger partial charge in [0, 0.05) is 5.69 Å². The molecular formula is C12H17N3O3. The van der Waals surface area contributed by atoms with Crippen molar-refractivity contribution in [3.05, 3.63) is 24.0 Å². The molecule has 0 spiro atoms. The third kappa shape index (κ3) is 4.40. The summed E-state index contributed by atoms with van der Waals surface area (Å²) in [7, 11) is 0. The van der Waals surface area contributed by atoms with Gasteiger partial charge in [-0.25, -0.2) is 4.79 Å². The Balaban J connectivity index is 2.54. The minimum absolute atomic E-state index is 0.0494. The molecule has 1 amide bonds. The maximum absolute atomic E-state index is 11.6. The fourth-order valence-electron chi connectivity index (χ4n) is 1.50. The predicted octanol–water partition coefficient (Wildman–Crippen LogP) is 0.576. The molecule has 0 aromatic carbocycles. The molecule has 4 N–H and O–H groups in total. The lowest BCUT2D eigenvalue weighted by Gasteiger charge is -2.13. The zero-order valence-corrected chi connectivity index (χ0v) is 10.2. The lowest BCUT2D eigenvalue weighted by molar-refractivity contribution is -0.141. The molecule has 0 saturated carbocycles. The van der Waals surface area contributed by atoms with Crippen LogP contribution in [0.15, 0.2) is 18.3 Å². The topological polar surface area (TPSA) is 105 Å². The van der Waals surface area contributed by atoms with Crippen molar-refractivity contribution in [1.29, 1.82) is 0 Å². The van der Waals surface area contributed by atoms with Crippen molar-refractivity contribution in [2.24, 2.45) is 0 Å². The van der Waals surface area contributed by atoms with Crippen molar-refractivity contribution in [3.8, 4) is 0 Å². The number of hydrogen-bond acceptors (Lipinski definition) is 4. The van der Waals surface area contributed by atoms with Crippen LogP contribution in [-0.4, -0.2) is 28.0 Å². The van der Waals surface area contributed by atoms with Crippen molar-refractivity contribution >= 4 is 17.6 Å². The molecule has 1 atom stereocenters. The number of carbonyl (C=O) groups excluding carboxylic acids is 1. The Kier molecular flexibility index (Phi) is 5.10. The number of nitrogens with zero attached hydrogens (tertiary/aromatic N) is 1. The van der Waals surface area contributed by atoms with Gasteiger partial charge < -0.3 is 16.2 Å². The smallest absolute Gasteiger partial charge is 0.326 e. The Labute approximate surface area is 105 Å². The van der Waals surface area contributed by atoms with E-state index in [1.165, 1.54) is 6.20 Å². The summed E-state index contributed by atoms with van der Waals surface area (Å²) >= 11 is 0. The average Bonchev–Trinajstić information content (AvgIpc) is 2.31. The molecule has 0 saturated heterocycles. The van der Waals surface area contributed by atoms with Crippen molar-refractivity contribution in [1.82, 2.24) is 10.3 Å². The van der Waals surface area contributed by atoms with Crippen LogP contribution in [0.1, 0.15) is 25.5 Å². The summed E-state index contributed by atoms with van der Waals surface area (Å²) in [4.78, 5) is 26.5. The molecule has 6 heteroatoms. The third-order valence-corrected chi connectivity index (χ3v) is 2.40. The fraction of sp³-hybridized carbons (Fsp3) is 0.417. The van der Waals surface area contributed by atoms with Gasteiger partial charge in [0.15, 0.2) is 0 Å². The molecule has 6 nitrogen and oxygen atoms in total. The predicted molar refractivity (Wildman–Crippen MR) is 66.8 cm³/mol. The second-order valence-electron chi connectivity index (χ2n) is 4.01.